The molecule has 0 aromatic carbocycles. The topological polar surface area (TPSA) is 62.7 Å². The molecule has 3 fully saturated rings. The number of aromatic nitrogens is 1. The molecule has 1 saturated carbocycles. The maximum absolute atomic E-state index is 13.1. The Morgan fingerprint density at radius 2 is 2.00 bits per heavy atom. The number of alkyl halides is 2. The van der Waals surface area contributed by atoms with Gasteiger partial charge in [-0.1, -0.05) is 0 Å². The van der Waals surface area contributed by atoms with Crippen LogP contribution in [0.1, 0.15) is 24.8 Å². The van der Waals surface area contributed by atoms with Gasteiger partial charge in [-0.15, -0.1) is 0 Å². The van der Waals surface area contributed by atoms with E-state index in [1.165, 1.54) is 0 Å². The van der Waals surface area contributed by atoms with Crippen LogP contribution in [0.15, 0.2) is 24.5 Å². The summed E-state index contributed by atoms with van der Waals surface area (Å²) in [5.74, 6) is -3.78. The number of carbonyl (C=O) groups excluding carboxylic acids is 2. The normalized spacial score (nSPS) is 28.3. The number of carbonyl (C=O) groups is 2. The lowest BCUT2D eigenvalue weighted by atomic mass is 9.79. The molecule has 2 amide bonds. The largest absolute Gasteiger partial charge is 0.374 e. The van der Waals surface area contributed by atoms with Crippen molar-refractivity contribution in [2.45, 2.75) is 37.8 Å². The first-order valence-electron chi connectivity index (χ1n) is 9.39. The van der Waals surface area contributed by atoms with Crippen molar-refractivity contribution in [3.05, 3.63) is 30.1 Å². The minimum atomic E-state index is -2.71. The number of pyridine rings is 1. The predicted octanol–water partition coefficient (Wildman–Crippen LogP) is 1.70. The van der Waals surface area contributed by atoms with Crippen LogP contribution in [-0.4, -0.2) is 64.9 Å². The van der Waals surface area contributed by atoms with Crippen molar-refractivity contribution in [2.75, 3.05) is 26.2 Å². The van der Waals surface area contributed by atoms with E-state index in [4.69, 9.17) is 4.74 Å². The van der Waals surface area contributed by atoms with Crippen LogP contribution >= 0.6 is 0 Å². The molecule has 3 heterocycles. The Hall–Kier alpha value is -2.09. The highest BCUT2D eigenvalue weighted by atomic mass is 19.3. The van der Waals surface area contributed by atoms with E-state index in [9.17, 15) is 18.4 Å². The second kappa shape index (κ2) is 7.14. The van der Waals surface area contributed by atoms with Gasteiger partial charge in [-0.25, -0.2) is 8.78 Å². The first-order valence-corrected chi connectivity index (χ1v) is 9.39. The zero-order valence-corrected chi connectivity index (χ0v) is 15.0. The molecular weight excluding hydrogens is 356 g/mol. The van der Waals surface area contributed by atoms with Gasteiger partial charge in [-0.3, -0.25) is 14.6 Å². The Labute approximate surface area is 156 Å². The molecule has 6 nitrogen and oxygen atoms in total. The van der Waals surface area contributed by atoms with Crippen LogP contribution in [0.25, 0.3) is 0 Å². The smallest absolute Gasteiger partial charge is 0.249 e. The van der Waals surface area contributed by atoms with E-state index in [0.29, 0.717) is 39.2 Å². The predicted molar refractivity (Wildman–Crippen MR) is 91.8 cm³/mol. The molecule has 3 aliphatic rings. The van der Waals surface area contributed by atoms with Crippen molar-refractivity contribution in [1.29, 1.82) is 0 Å². The molecule has 2 saturated heterocycles. The quantitative estimate of drug-likeness (QED) is 0.802. The standard InChI is InChI=1S/C19H23F2N3O3/c20-19(21)9-14(10-19)17(25)23-6-3-15-16(12-23)27-8-7-24(18(15)26)11-13-1-4-22-5-2-13/h1-2,4-5,14-16H,3,6-12H2/t15-,16+/m1/s1. The Morgan fingerprint density at radius 1 is 1.26 bits per heavy atom. The Kier molecular flexibility index (Phi) is 4.84. The van der Waals surface area contributed by atoms with Gasteiger partial charge in [0.25, 0.3) is 0 Å². The molecule has 27 heavy (non-hydrogen) atoms. The van der Waals surface area contributed by atoms with Gasteiger partial charge in [0.15, 0.2) is 0 Å². The lowest BCUT2D eigenvalue weighted by molar-refractivity contribution is -0.165. The van der Waals surface area contributed by atoms with E-state index in [1.807, 2.05) is 12.1 Å². The summed E-state index contributed by atoms with van der Waals surface area (Å²) in [5, 5.41) is 0. The molecule has 146 valence electrons. The Morgan fingerprint density at radius 3 is 2.70 bits per heavy atom. The summed E-state index contributed by atoms with van der Waals surface area (Å²) in [6, 6.07) is 3.76. The molecule has 2 aliphatic heterocycles. The van der Waals surface area contributed by atoms with Gasteiger partial charge in [-0.05, 0) is 24.1 Å². The van der Waals surface area contributed by atoms with Gasteiger partial charge in [-0.2, -0.15) is 0 Å². The summed E-state index contributed by atoms with van der Waals surface area (Å²) in [5.41, 5.74) is 1.01. The maximum Gasteiger partial charge on any atom is 0.249 e. The number of ether oxygens (including phenoxy) is 1. The van der Waals surface area contributed by atoms with Crippen LogP contribution in [0.3, 0.4) is 0 Å². The second-order valence-electron chi connectivity index (χ2n) is 7.67. The van der Waals surface area contributed by atoms with E-state index in [1.54, 1.807) is 22.2 Å². The number of fused-ring (bicyclic) bond motifs is 1. The van der Waals surface area contributed by atoms with E-state index < -0.39 is 11.8 Å². The van der Waals surface area contributed by atoms with Crippen LogP contribution in [0.5, 0.6) is 0 Å². The summed E-state index contributed by atoms with van der Waals surface area (Å²) in [6.07, 6.45) is 2.81. The van der Waals surface area contributed by atoms with Crippen LogP contribution in [0.4, 0.5) is 8.78 Å². The van der Waals surface area contributed by atoms with E-state index in [2.05, 4.69) is 4.98 Å². The molecule has 0 N–H and O–H groups in total. The molecule has 1 aromatic rings. The molecule has 0 spiro atoms. The first kappa shape index (κ1) is 18.3. The summed E-state index contributed by atoms with van der Waals surface area (Å²) in [4.78, 5) is 32.8. The van der Waals surface area contributed by atoms with Gasteiger partial charge in [0, 0.05) is 57.3 Å². The summed E-state index contributed by atoms with van der Waals surface area (Å²) < 4.78 is 32.0. The number of piperidine rings is 1. The van der Waals surface area contributed by atoms with Crippen molar-refractivity contribution >= 4 is 11.8 Å². The fourth-order valence-electron chi connectivity index (χ4n) is 4.19. The second-order valence-corrected chi connectivity index (χ2v) is 7.67. The van der Waals surface area contributed by atoms with E-state index in [-0.39, 0.29) is 36.7 Å². The molecular formula is C19H23F2N3O3. The number of hydrogen-bond donors (Lipinski definition) is 0. The van der Waals surface area contributed by atoms with Gasteiger partial charge < -0.3 is 14.5 Å². The van der Waals surface area contributed by atoms with Gasteiger partial charge in [0.2, 0.25) is 17.7 Å². The molecule has 8 heteroatoms. The average Bonchev–Trinajstić information content (AvgIpc) is 2.79. The summed E-state index contributed by atoms with van der Waals surface area (Å²) in [7, 11) is 0. The van der Waals surface area contributed by atoms with Crippen molar-refractivity contribution in [1.82, 2.24) is 14.8 Å². The summed E-state index contributed by atoms with van der Waals surface area (Å²) in [6.45, 7) is 2.13. The number of hydrogen-bond acceptors (Lipinski definition) is 4. The van der Waals surface area contributed by atoms with Crippen LogP contribution in [0.2, 0.25) is 0 Å². The number of likely N-dealkylation sites (tertiary alicyclic amines) is 1. The van der Waals surface area contributed by atoms with Crippen LogP contribution in [0, 0.1) is 11.8 Å². The highest BCUT2D eigenvalue weighted by molar-refractivity contribution is 5.82. The van der Waals surface area contributed by atoms with Gasteiger partial charge in [0.1, 0.15) is 0 Å². The lowest BCUT2D eigenvalue weighted by Gasteiger charge is -2.41. The Balaban J connectivity index is 1.38. The van der Waals surface area contributed by atoms with Crippen LogP contribution in [-0.2, 0) is 20.9 Å². The van der Waals surface area contributed by atoms with Crippen molar-refractivity contribution in [3.8, 4) is 0 Å². The zero-order chi connectivity index (χ0) is 19.0. The molecule has 2 atom stereocenters. The fraction of sp³-hybridized carbons (Fsp3) is 0.632. The fourth-order valence-corrected chi connectivity index (χ4v) is 4.19. The number of nitrogens with zero attached hydrogens (tertiary/aromatic N) is 3. The third-order valence-electron chi connectivity index (χ3n) is 5.75. The first-order chi connectivity index (χ1) is 12.9. The van der Waals surface area contributed by atoms with Crippen LogP contribution < -0.4 is 0 Å². The van der Waals surface area contributed by atoms with Crippen molar-refractivity contribution in [3.63, 3.8) is 0 Å². The van der Waals surface area contributed by atoms with E-state index >= 15 is 0 Å². The van der Waals surface area contributed by atoms with Gasteiger partial charge >= 0.3 is 0 Å². The SMILES string of the molecule is O=C(C1CC(F)(F)C1)N1CC[C@H]2C(=O)N(Cc3ccncc3)CCO[C@H]2C1. The molecule has 0 radical (unpaired) electrons. The average molecular weight is 379 g/mol. The van der Waals surface area contributed by atoms with Crippen molar-refractivity contribution < 1.29 is 23.1 Å². The number of halogens is 2. The molecule has 1 aromatic heterocycles. The number of rotatable bonds is 3. The highest BCUT2D eigenvalue weighted by Crippen LogP contribution is 2.43. The minimum Gasteiger partial charge on any atom is -0.374 e. The monoisotopic (exact) mass is 379 g/mol. The lowest BCUT2D eigenvalue weighted by Crippen LogP contribution is -2.54. The summed E-state index contributed by atoms with van der Waals surface area (Å²) >= 11 is 0. The molecule has 1 aliphatic carbocycles. The maximum atomic E-state index is 13.1. The van der Waals surface area contributed by atoms with Crippen molar-refractivity contribution in [2.24, 2.45) is 11.8 Å². The third-order valence-corrected chi connectivity index (χ3v) is 5.75. The minimum absolute atomic E-state index is 0.0385. The molecule has 0 bridgehead atoms. The Bertz CT molecular complexity index is 707. The molecule has 4 rings (SSSR count). The number of amides is 2. The zero-order valence-electron chi connectivity index (χ0n) is 15.0. The molecule has 0 unspecified atom stereocenters. The highest BCUT2D eigenvalue weighted by Gasteiger charge is 2.51. The van der Waals surface area contributed by atoms with Gasteiger partial charge in [0.05, 0.1) is 18.6 Å². The third kappa shape index (κ3) is 3.81. The van der Waals surface area contributed by atoms with E-state index in [0.717, 1.165) is 5.56 Å².